The quantitative estimate of drug-likeness (QED) is 0.270. The number of amides is 1. The van der Waals surface area contributed by atoms with Crippen molar-refractivity contribution in [3.05, 3.63) is 78.8 Å². The second kappa shape index (κ2) is 14.4. The fraction of sp³-hybridized carbons (Fsp3) is 0.300. The minimum atomic E-state index is 0.539. The third-order valence-corrected chi connectivity index (χ3v) is 6.44. The third-order valence-electron chi connectivity index (χ3n) is 6.44. The van der Waals surface area contributed by atoms with Crippen molar-refractivity contribution in [1.29, 1.82) is 0 Å². The summed E-state index contributed by atoms with van der Waals surface area (Å²) in [5, 5.41) is 5.87. The van der Waals surface area contributed by atoms with Gasteiger partial charge in [-0.2, -0.15) is 4.98 Å². The molecule has 2 N–H and O–H groups in total. The topological polar surface area (TPSA) is 103 Å². The highest BCUT2D eigenvalue weighted by Crippen LogP contribution is 2.40. The highest BCUT2D eigenvalue weighted by Gasteiger charge is 2.15. The Hall–Kier alpha value is -4.73. The van der Waals surface area contributed by atoms with Crippen LogP contribution < -0.4 is 29.7 Å². The van der Waals surface area contributed by atoms with Crippen LogP contribution in [0.15, 0.2) is 73.2 Å². The van der Waals surface area contributed by atoms with Crippen LogP contribution in [0.2, 0.25) is 0 Å². The van der Waals surface area contributed by atoms with Crippen molar-refractivity contribution in [2.75, 3.05) is 44.6 Å². The molecule has 5 rings (SSSR count). The molecule has 0 bridgehead atoms. The first kappa shape index (κ1) is 28.3. The number of methoxy groups -OCH3 is 3. The summed E-state index contributed by atoms with van der Waals surface area (Å²) >= 11 is 0. The zero-order valence-electron chi connectivity index (χ0n) is 23.2. The molecule has 0 saturated carbocycles. The van der Waals surface area contributed by atoms with E-state index in [1.54, 1.807) is 27.5 Å². The molecule has 2 aromatic heterocycles. The Kier molecular flexibility index (Phi) is 10.2. The van der Waals surface area contributed by atoms with Gasteiger partial charge in [0.05, 0.1) is 21.3 Å². The molecule has 2 aromatic carbocycles. The zero-order chi connectivity index (χ0) is 28.2. The number of aromatic nitrogens is 3. The zero-order valence-corrected chi connectivity index (χ0v) is 23.2. The predicted octanol–water partition coefficient (Wildman–Crippen LogP) is 4.96. The van der Waals surface area contributed by atoms with Crippen LogP contribution in [0.5, 0.6) is 17.2 Å². The second-order valence-corrected chi connectivity index (χ2v) is 9.08. The standard InChI is InChI=1S/C18H24N4O3.C12H12N2O/c1-23-14-11-13(12-15(24-2)17(14)25-3)20-18-19-8-7-16(21-18)22-9-5-4-6-10-22;15-10-13-9-11-4-3-5-12(8-11)14-6-1-2-7-14/h7-8,11-12H,4-6,9-10H2,1-3H3,(H,19,20,21);1-8,10H,9H2,(H,13,15). The van der Waals surface area contributed by atoms with Crippen molar-refractivity contribution < 1.29 is 19.0 Å². The van der Waals surface area contributed by atoms with Gasteiger partial charge in [-0.25, -0.2) is 4.98 Å². The van der Waals surface area contributed by atoms with Crippen LogP contribution in [0.3, 0.4) is 0 Å². The highest BCUT2D eigenvalue weighted by molar-refractivity contribution is 5.66. The molecule has 1 aliphatic heterocycles. The maximum atomic E-state index is 10.2. The number of benzene rings is 2. The molecular weight excluding hydrogens is 508 g/mol. The van der Waals surface area contributed by atoms with E-state index in [1.165, 1.54) is 19.3 Å². The Labute approximate surface area is 234 Å². The van der Waals surface area contributed by atoms with Gasteiger partial charge in [0.1, 0.15) is 5.82 Å². The largest absolute Gasteiger partial charge is 0.493 e. The molecule has 210 valence electrons. The Bertz CT molecular complexity index is 1330. The fourth-order valence-electron chi connectivity index (χ4n) is 4.48. The average molecular weight is 545 g/mol. The van der Waals surface area contributed by atoms with Crippen molar-refractivity contribution in [2.45, 2.75) is 25.8 Å². The molecule has 3 heterocycles. The van der Waals surface area contributed by atoms with E-state index in [0.29, 0.717) is 36.2 Å². The smallest absolute Gasteiger partial charge is 0.229 e. The Morgan fingerprint density at radius 3 is 2.27 bits per heavy atom. The fourth-order valence-corrected chi connectivity index (χ4v) is 4.48. The van der Waals surface area contributed by atoms with E-state index in [-0.39, 0.29) is 0 Å². The number of piperidine rings is 1. The number of ether oxygens (including phenoxy) is 3. The van der Waals surface area contributed by atoms with Crippen LogP contribution in [-0.4, -0.2) is 55.4 Å². The highest BCUT2D eigenvalue weighted by atomic mass is 16.5. The number of hydrogen-bond donors (Lipinski definition) is 2. The van der Waals surface area contributed by atoms with E-state index in [0.717, 1.165) is 35.8 Å². The molecule has 0 spiro atoms. The lowest BCUT2D eigenvalue weighted by Gasteiger charge is -2.27. The van der Waals surface area contributed by atoms with Gasteiger partial charge in [-0.3, -0.25) is 4.79 Å². The molecule has 0 aliphatic carbocycles. The lowest BCUT2D eigenvalue weighted by molar-refractivity contribution is -0.109. The van der Waals surface area contributed by atoms with E-state index in [2.05, 4.69) is 31.6 Å². The minimum Gasteiger partial charge on any atom is -0.493 e. The van der Waals surface area contributed by atoms with Gasteiger partial charge in [0.25, 0.3) is 0 Å². The number of nitrogens with zero attached hydrogens (tertiary/aromatic N) is 4. The van der Waals surface area contributed by atoms with E-state index in [4.69, 9.17) is 14.2 Å². The van der Waals surface area contributed by atoms with Gasteiger partial charge < -0.3 is 34.3 Å². The number of anilines is 3. The van der Waals surface area contributed by atoms with Crippen molar-refractivity contribution >= 4 is 23.9 Å². The average Bonchev–Trinajstić information content (AvgIpc) is 3.56. The molecule has 0 unspecified atom stereocenters. The van der Waals surface area contributed by atoms with Crippen LogP contribution in [0.4, 0.5) is 17.5 Å². The third kappa shape index (κ3) is 7.43. The second-order valence-electron chi connectivity index (χ2n) is 9.08. The van der Waals surface area contributed by atoms with Gasteiger partial charge in [0, 0.05) is 61.7 Å². The van der Waals surface area contributed by atoms with Gasteiger partial charge in [-0.15, -0.1) is 0 Å². The van der Waals surface area contributed by atoms with Crippen molar-refractivity contribution in [1.82, 2.24) is 19.9 Å². The SMILES string of the molecule is COc1cc(Nc2nccc(N3CCCCC3)n2)cc(OC)c1OC.O=CNCc1cccc(-n2cccc2)c1. The number of hydrogen-bond acceptors (Lipinski definition) is 8. The van der Waals surface area contributed by atoms with Crippen LogP contribution in [-0.2, 0) is 11.3 Å². The van der Waals surface area contributed by atoms with E-state index in [9.17, 15) is 4.79 Å². The van der Waals surface area contributed by atoms with Crippen LogP contribution in [0.25, 0.3) is 5.69 Å². The summed E-state index contributed by atoms with van der Waals surface area (Å²) in [6.45, 7) is 2.65. The lowest BCUT2D eigenvalue weighted by atomic mass is 10.1. The maximum absolute atomic E-state index is 10.2. The normalized spacial score (nSPS) is 12.5. The Balaban J connectivity index is 0.000000210. The minimum absolute atomic E-state index is 0.539. The molecule has 10 nitrogen and oxygen atoms in total. The van der Waals surface area contributed by atoms with Gasteiger partial charge in [-0.05, 0) is 55.2 Å². The summed E-state index contributed by atoms with van der Waals surface area (Å²) in [7, 11) is 4.77. The van der Waals surface area contributed by atoms with Gasteiger partial charge >= 0.3 is 0 Å². The number of carbonyl (C=O) groups excluding carboxylic acids is 1. The van der Waals surface area contributed by atoms with Crippen molar-refractivity contribution in [3.8, 4) is 22.9 Å². The van der Waals surface area contributed by atoms with Crippen molar-refractivity contribution in [3.63, 3.8) is 0 Å². The Morgan fingerprint density at radius 2 is 1.62 bits per heavy atom. The van der Waals surface area contributed by atoms with E-state index in [1.807, 2.05) is 65.5 Å². The van der Waals surface area contributed by atoms with Crippen LogP contribution in [0.1, 0.15) is 24.8 Å². The summed E-state index contributed by atoms with van der Waals surface area (Å²) in [4.78, 5) is 21.4. The first-order valence-corrected chi connectivity index (χ1v) is 13.2. The molecule has 0 atom stereocenters. The van der Waals surface area contributed by atoms with E-state index < -0.39 is 0 Å². The molecule has 40 heavy (non-hydrogen) atoms. The summed E-state index contributed by atoms with van der Waals surface area (Å²) in [5.41, 5.74) is 2.96. The molecule has 0 radical (unpaired) electrons. The maximum Gasteiger partial charge on any atom is 0.229 e. The summed E-state index contributed by atoms with van der Waals surface area (Å²) < 4.78 is 18.1. The Morgan fingerprint density at radius 1 is 0.900 bits per heavy atom. The first-order chi connectivity index (χ1) is 19.6. The van der Waals surface area contributed by atoms with Crippen LogP contribution >= 0.6 is 0 Å². The summed E-state index contributed by atoms with van der Waals surface area (Å²) in [6.07, 6.45) is 10.2. The molecule has 4 aromatic rings. The number of nitrogens with one attached hydrogen (secondary N) is 2. The monoisotopic (exact) mass is 544 g/mol. The molecule has 1 amide bonds. The molecular formula is C30H36N6O4. The number of carbonyl (C=O) groups is 1. The lowest BCUT2D eigenvalue weighted by Crippen LogP contribution is -2.30. The van der Waals surface area contributed by atoms with E-state index >= 15 is 0 Å². The van der Waals surface area contributed by atoms with Crippen molar-refractivity contribution in [2.24, 2.45) is 0 Å². The molecule has 10 heteroatoms. The summed E-state index contributed by atoms with van der Waals surface area (Å²) in [5.74, 6) is 3.20. The number of rotatable bonds is 10. The van der Waals surface area contributed by atoms with Gasteiger partial charge in [0.15, 0.2) is 11.5 Å². The molecule has 1 saturated heterocycles. The first-order valence-electron chi connectivity index (χ1n) is 13.2. The molecule has 1 aliphatic rings. The van der Waals surface area contributed by atoms with Gasteiger partial charge in [-0.1, -0.05) is 12.1 Å². The van der Waals surface area contributed by atoms with Gasteiger partial charge in [0.2, 0.25) is 18.1 Å². The molecule has 1 fully saturated rings. The summed E-state index contributed by atoms with van der Waals surface area (Å²) in [6, 6.07) is 17.6. The van der Waals surface area contributed by atoms with Crippen LogP contribution in [0, 0.1) is 0 Å². The predicted molar refractivity (Wildman–Crippen MR) is 156 cm³/mol.